The summed E-state index contributed by atoms with van der Waals surface area (Å²) in [4.78, 5) is 7.19. The Labute approximate surface area is 135 Å². The maximum atomic E-state index is 4.85. The molecule has 4 rings (SSSR count). The van der Waals surface area contributed by atoms with E-state index in [2.05, 4.69) is 56.7 Å². The van der Waals surface area contributed by atoms with Crippen LogP contribution in [-0.4, -0.2) is 37.6 Å². The molecule has 0 aliphatic carbocycles. The largest absolute Gasteiger partial charge is 0.323 e. The Bertz CT molecular complexity index is 790. The van der Waals surface area contributed by atoms with Crippen molar-refractivity contribution in [2.24, 2.45) is 5.92 Å². The maximum absolute atomic E-state index is 4.85. The summed E-state index contributed by atoms with van der Waals surface area (Å²) in [6.07, 6.45) is 4.62. The van der Waals surface area contributed by atoms with E-state index in [9.17, 15) is 0 Å². The summed E-state index contributed by atoms with van der Waals surface area (Å²) in [7, 11) is 0. The van der Waals surface area contributed by atoms with E-state index in [4.69, 9.17) is 4.98 Å². The fraction of sp³-hybridized carbons (Fsp3) is 0.438. The lowest BCUT2D eigenvalue weighted by Crippen LogP contribution is -2.50. The Kier molecular flexibility index (Phi) is 3.40. The van der Waals surface area contributed by atoms with Gasteiger partial charge in [0, 0.05) is 6.54 Å². The molecule has 1 aromatic carbocycles. The van der Waals surface area contributed by atoms with Crippen molar-refractivity contribution >= 4 is 17.0 Å². The Morgan fingerprint density at radius 2 is 1.87 bits per heavy atom. The second-order valence-corrected chi connectivity index (χ2v) is 6.41. The smallest absolute Gasteiger partial charge is 0.209 e. The Morgan fingerprint density at radius 3 is 2.65 bits per heavy atom. The first-order chi connectivity index (χ1) is 11.2. The molecule has 3 heterocycles. The lowest BCUT2D eigenvalue weighted by atomic mass is 10.1. The molecule has 0 bridgehead atoms. The van der Waals surface area contributed by atoms with Gasteiger partial charge in [0.1, 0.15) is 26.0 Å². The van der Waals surface area contributed by atoms with Gasteiger partial charge in [0.2, 0.25) is 5.95 Å². The molecule has 0 radical (unpaired) electrons. The van der Waals surface area contributed by atoms with Crippen molar-refractivity contribution in [2.45, 2.75) is 26.9 Å². The van der Waals surface area contributed by atoms with Crippen LogP contribution >= 0.6 is 0 Å². The number of nitrogens with zero attached hydrogens (tertiary/aromatic N) is 7. The van der Waals surface area contributed by atoms with Gasteiger partial charge in [-0.05, 0) is 24.5 Å². The topological polar surface area (TPSA) is 55.0 Å². The van der Waals surface area contributed by atoms with Gasteiger partial charge in [-0.25, -0.2) is 9.66 Å². The van der Waals surface area contributed by atoms with E-state index in [1.165, 1.54) is 0 Å². The van der Waals surface area contributed by atoms with Gasteiger partial charge in [0.25, 0.3) is 0 Å². The average molecular weight is 311 g/mol. The number of benzene rings is 1. The molecule has 1 aliphatic heterocycles. The van der Waals surface area contributed by atoms with Gasteiger partial charge in [-0.15, -0.1) is 10.2 Å². The van der Waals surface area contributed by atoms with E-state index in [0.29, 0.717) is 5.92 Å². The van der Waals surface area contributed by atoms with Crippen molar-refractivity contribution in [1.29, 1.82) is 0 Å². The highest BCUT2D eigenvalue weighted by molar-refractivity contribution is 5.79. The number of imidazole rings is 1. The van der Waals surface area contributed by atoms with Crippen LogP contribution in [0.15, 0.2) is 36.9 Å². The predicted molar refractivity (Wildman–Crippen MR) is 89.6 cm³/mol. The third-order valence-electron chi connectivity index (χ3n) is 4.27. The zero-order valence-electron chi connectivity index (χ0n) is 13.5. The molecular weight excluding hydrogens is 290 g/mol. The molecule has 0 saturated carbocycles. The van der Waals surface area contributed by atoms with Crippen molar-refractivity contribution < 1.29 is 0 Å². The first kappa shape index (κ1) is 14.0. The number of hydrogen-bond donors (Lipinski definition) is 0. The van der Waals surface area contributed by atoms with Gasteiger partial charge in [0.05, 0.1) is 11.0 Å². The first-order valence-corrected chi connectivity index (χ1v) is 8.02. The lowest BCUT2D eigenvalue weighted by Gasteiger charge is -2.38. The molecule has 0 unspecified atom stereocenters. The summed E-state index contributed by atoms with van der Waals surface area (Å²) in [6, 6.07) is 8.30. The van der Waals surface area contributed by atoms with E-state index in [0.717, 1.165) is 43.3 Å². The Morgan fingerprint density at radius 1 is 1.09 bits per heavy atom. The van der Waals surface area contributed by atoms with Gasteiger partial charge in [0.15, 0.2) is 0 Å². The monoisotopic (exact) mass is 311 g/mol. The zero-order chi connectivity index (χ0) is 15.8. The third-order valence-corrected chi connectivity index (χ3v) is 4.27. The van der Waals surface area contributed by atoms with Crippen molar-refractivity contribution in [3.63, 3.8) is 0 Å². The SMILES string of the molecule is CC(C)CCN1CN(n2cnnc2)Cn2c1nc1ccccc12. The van der Waals surface area contributed by atoms with Crippen LogP contribution in [0.5, 0.6) is 0 Å². The quantitative estimate of drug-likeness (QED) is 0.738. The molecule has 0 N–H and O–H groups in total. The molecule has 0 saturated heterocycles. The van der Waals surface area contributed by atoms with Crippen LogP contribution < -0.4 is 9.91 Å². The highest BCUT2D eigenvalue weighted by Gasteiger charge is 2.26. The zero-order valence-corrected chi connectivity index (χ0v) is 13.5. The van der Waals surface area contributed by atoms with Crippen LogP contribution in [0.2, 0.25) is 0 Å². The van der Waals surface area contributed by atoms with Crippen molar-refractivity contribution in [2.75, 3.05) is 23.1 Å². The summed E-state index contributed by atoms with van der Waals surface area (Å²) in [5.74, 6) is 1.72. The molecular formula is C16H21N7. The minimum Gasteiger partial charge on any atom is -0.323 e. The molecule has 0 spiro atoms. The molecule has 7 heteroatoms. The molecule has 0 fully saturated rings. The van der Waals surface area contributed by atoms with Crippen molar-refractivity contribution in [3.05, 3.63) is 36.9 Å². The lowest BCUT2D eigenvalue weighted by molar-refractivity contribution is 0.444. The molecule has 120 valence electrons. The van der Waals surface area contributed by atoms with Gasteiger partial charge >= 0.3 is 0 Å². The summed E-state index contributed by atoms with van der Waals surface area (Å²) in [5.41, 5.74) is 2.21. The number of aromatic nitrogens is 5. The first-order valence-electron chi connectivity index (χ1n) is 8.02. The summed E-state index contributed by atoms with van der Waals surface area (Å²) >= 11 is 0. The Hall–Kier alpha value is -2.57. The molecule has 23 heavy (non-hydrogen) atoms. The van der Waals surface area contributed by atoms with Crippen LogP contribution in [0.3, 0.4) is 0 Å². The van der Waals surface area contributed by atoms with Gasteiger partial charge < -0.3 is 4.90 Å². The summed E-state index contributed by atoms with van der Waals surface area (Å²) in [5, 5.41) is 10.1. The standard InChI is InChI=1S/C16H21N7/c1-13(2)7-8-20-11-22(21-9-17-18-10-21)12-23-15-6-4-3-5-14(15)19-16(20)23/h3-6,9-10,13H,7-8,11-12H2,1-2H3. The van der Waals surface area contributed by atoms with Crippen LogP contribution in [0.1, 0.15) is 20.3 Å². The summed E-state index contributed by atoms with van der Waals surface area (Å²) < 4.78 is 4.21. The van der Waals surface area contributed by atoms with E-state index < -0.39 is 0 Å². The van der Waals surface area contributed by atoms with Crippen molar-refractivity contribution in [1.82, 2.24) is 24.4 Å². The normalized spacial score (nSPS) is 14.7. The van der Waals surface area contributed by atoms with Gasteiger partial charge in [-0.1, -0.05) is 26.0 Å². The fourth-order valence-corrected chi connectivity index (χ4v) is 2.98. The number of fused-ring (bicyclic) bond motifs is 3. The van der Waals surface area contributed by atoms with Crippen LogP contribution in [0.25, 0.3) is 11.0 Å². The van der Waals surface area contributed by atoms with E-state index >= 15 is 0 Å². The Balaban J connectivity index is 1.74. The molecule has 0 atom stereocenters. The fourth-order valence-electron chi connectivity index (χ4n) is 2.98. The highest BCUT2D eigenvalue weighted by Crippen LogP contribution is 2.26. The predicted octanol–water partition coefficient (Wildman–Crippen LogP) is 2.05. The second-order valence-electron chi connectivity index (χ2n) is 6.41. The van der Waals surface area contributed by atoms with Crippen LogP contribution in [0, 0.1) is 5.92 Å². The van der Waals surface area contributed by atoms with Crippen molar-refractivity contribution in [3.8, 4) is 0 Å². The molecule has 3 aromatic rings. The number of anilines is 1. The second kappa shape index (κ2) is 5.57. The number of para-hydroxylation sites is 2. The van der Waals surface area contributed by atoms with Gasteiger partial charge in [-0.3, -0.25) is 9.58 Å². The number of rotatable bonds is 4. The molecule has 2 aromatic heterocycles. The van der Waals surface area contributed by atoms with Gasteiger partial charge in [-0.2, -0.15) is 0 Å². The third kappa shape index (κ3) is 2.52. The van der Waals surface area contributed by atoms with E-state index in [1.807, 2.05) is 10.7 Å². The van der Waals surface area contributed by atoms with Crippen LogP contribution in [0.4, 0.5) is 5.95 Å². The maximum Gasteiger partial charge on any atom is 0.209 e. The van der Waals surface area contributed by atoms with E-state index in [-0.39, 0.29) is 0 Å². The highest BCUT2D eigenvalue weighted by atomic mass is 15.7. The number of hydrogen-bond acceptors (Lipinski definition) is 5. The summed E-state index contributed by atoms with van der Waals surface area (Å²) in [6.45, 7) is 7.02. The van der Waals surface area contributed by atoms with Crippen LogP contribution in [-0.2, 0) is 6.67 Å². The minimum atomic E-state index is 0.665. The molecule has 7 nitrogen and oxygen atoms in total. The molecule has 1 aliphatic rings. The average Bonchev–Trinajstić information content (AvgIpc) is 3.20. The molecule has 0 amide bonds. The minimum absolute atomic E-state index is 0.665. The van der Waals surface area contributed by atoms with E-state index in [1.54, 1.807) is 12.7 Å².